The highest BCUT2D eigenvalue weighted by Crippen LogP contribution is 2.41. The Morgan fingerprint density at radius 1 is 0.407 bits per heavy atom. The molecule has 0 spiro atoms. The molecule has 128 valence electrons. The summed E-state index contributed by atoms with van der Waals surface area (Å²) in [5, 5.41) is 4.93. The highest BCUT2D eigenvalue weighted by Gasteiger charge is 2.14. The zero-order chi connectivity index (χ0) is 18.2. The average Bonchev–Trinajstić information content (AvgIpc) is 2.73. The van der Waals surface area contributed by atoms with Gasteiger partial charge in [-0.05, 0) is 44.3 Å². The second kappa shape index (κ2) is 6.30. The molecule has 0 aliphatic heterocycles. The molecule has 5 rings (SSSR count). The predicted octanol–water partition coefficient (Wildman–Crippen LogP) is 6.91. The fourth-order valence-electron chi connectivity index (χ4n) is 4.00. The van der Waals surface area contributed by atoms with E-state index in [0.29, 0.717) is 0 Å². The summed E-state index contributed by atoms with van der Waals surface area (Å²) in [4.78, 5) is 0. The summed E-state index contributed by atoms with van der Waals surface area (Å²) in [5.41, 5.74) is 12.0. The van der Waals surface area contributed by atoms with E-state index >= 15 is 0 Å². The lowest BCUT2D eigenvalue weighted by Crippen LogP contribution is -1.94. The molecule has 5 aromatic carbocycles. The van der Waals surface area contributed by atoms with E-state index in [-0.39, 0.29) is 0 Å². The molecule has 0 saturated heterocycles. The van der Waals surface area contributed by atoms with E-state index < -0.39 is 0 Å². The van der Waals surface area contributed by atoms with Gasteiger partial charge >= 0.3 is 0 Å². The summed E-state index contributed by atoms with van der Waals surface area (Å²) in [6.45, 7) is 0. The van der Waals surface area contributed by atoms with E-state index in [4.69, 9.17) is 5.73 Å². The van der Waals surface area contributed by atoms with E-state index in [1.807, 2.05) is 12.1 Å². The molecule has 0 radical (unpaired) electrons. The van der Waals surface area contributed by atoms with Crippen molar-refractivity contribution in [3.05, 3.63) is 103 Å². The van der Waals surface area contributed by atoms with Crippen LogP contribution < -0.4 is 5.73 Å². The zero-order valence-corrected chi connectivity index (χ0v) is 14.9. The van der Waals surface area contributed by atoms with Crippen LogP contribution in [-0.2, 0) is 0 Å². The molecule has 5 aromatic rings. The number of nitrogens with two attached hydrogens (primary N) is 1. The van der Waals surface area contributed by atoms with Gasteiger partial charge in [-0.25, -0.2) is 0 Å². The van der Waals surface area contributed by atoms with Crippen molar-refractivity contribution in [3.63, 3.8) is 0 Å². The van der Waals surface area contributed by atoms with Crippen molar-refractivity contribution in [1.82, 2.24) is 0 Å². The Balaban J connectivity index is 1.88. The number of fused-ring (bicyclic) bond motifs is 2. The SMILES string of the molecule is Nc1cccc(-c2cccc3ccccc23)c1-c1cccc2ccccc12. The summed E-state index contributed by atoms with van der Waals surface area (Å²) >= 11 is 0. The minimum absolute atomic E-state index is 0.803. The van der Waals surface area contributed by atoms with Crippen LogP contribution in [0.25, 0.3) is 43.8 Å². The first-order valence-electron chi connectivity index (χ1n) is 9.18. The van der Waals surface area contributed by atoms with Gasteiger partial charge in [-0.2, -0.15) is 0 Å². The summed E-state index contributed by atoms with van der Waals surface area (Å²) in [6.07, 6.45) is 0. The van der Waals surface area contributed by atoms with Crippen LogP contribution in [0.2, 0.25) is 0 Å². The molecule has 0 bridgehead atoms. The molecular weight excluding hydrogens is 326 g/mol. The highest BCUT2D eigenvalue weighted by atomic mass is 14.6. The Bertz CT molecular complexity index is 1270. The summed E-state index contributed by atoms with van der Waals surface area (Å²) < 4.78 is 0. The normalized spacial score (nSPS) is 11.1. The number of hydrogen-bond acceptors (Lipinski definition) is 1. The maximum Gasteiger partial charge on any atom is 0.0400 e. The first-order chi connectivity index (χ1) is 13.3. The van der Waals surface area contributed by atoms with Gasteiger partial charge in [-0.3, -0.25) is 0 Å². The number of benzene rings is 5. The first-order valence-corrected chi connectivity index (χ1v) is 9.18. The van der Waals surface area contributed by atoms with Gasteiger partial charge in [0.15, 0.2) is 0 Å². The number of hydrogen-bond donors (Lipinski definition) is 1. The number of anilines is 1. The van der Waals surface area contributed by atoms with Crippen molar-refractivity contribution in [2.24, 2.45) is 0 Å². The molecule has 1 heteroatoms. The average molecular weight is 345 g/mol. The molecule has 0 aliphatic rings. The molecule has 0 amide bonds. The van der Waals surface area contributed by atoms with Crippen molar-refractivity contribution in [2.75, 3.05) is 5.73 Å². The molecular formula is C26H19N. The van der Waals surface area contributed by atoms with Crippen LogP contribution in [0.4, 0.5) is 5.69 Å². The summed E-state index contributed by atoms with van der Waals surface area (Å²) in [5.74, 6) is 0. The van der Waals surface area contributed by atoms with E-state index in [0.717, 1.165) is 11.3 Å². The molecule has 0 aliphatic carbocycles. The summed E-state index contributed by atoms with van der Waals surface area (Å²) in [7, 11) is 0. The van der Waals surface area contributed by atoms with Gasteiger partial charge in [0.05, 0.1) is 0 Å². The third-order valence-corrected chi connectivity index (χ3v) is 5.24. The van der Waals surface area contributed by atoms with Gasteiger partial charge in [0.25, 0.3) is 0 Å². The molecule has 27 heavy (non-hydrogen) atoms. The maximum atomic E-state index is 6.53. The number of rotatable bonds is 2. The Morgan fingerprint density at radius 2 is 0.889 bits per heavy atom. The Morgan fingerprint density at radius 3 is 1.59 bits per heavy atom. The van der Waals surface area contributed by atoms with Gasteiger partial charge in [-0.15, -0.1) is 0 Å². The fourth-order valence-corrected chi connectivity index (χ4v) is 4.00. The second-order valence-electron chi connectivity index (χ2n) is 6.82. The molecule has 0 fully saturated rings. The molecule has 0 atom stereocenters. The number of nitrogen functional groups attached to an aromatic ring is 1. The van der Waals surface area contributed by atoms with Gasteiger partial charge in [0, 0.05) is 11.3 Å². The van der Waals surface area contributed by atoms with E-state index in [1.54, 1.807) is 0 Å². The van der Waals surface area contributed by atoms with Crippen LogP contribution in [0.3, 0.4) is 0 Å². The van der Waals surface area contributed by atoms with Crippen LogP contribution >= 0.6 is 0 Å². The molecule has 0 aromatic heterocycles. The van der Waals surface area contributed by atoms with Crippen molar-refractivity contribution in [2.45, 2.75) is 0 Å². The van der Waals surface area contributed by atoms with Gasteiger partial charge in [0.1, 0.15) is 0 Å². The molecule has 2 N–H and O–H groups in total. The van der Waals surface area contributed by atoms with E-state index in [2.05, 4.69) is 91.0 Å². The largest absolute Gasteiger partial charge is 0.398 e. The standard InChI is InChI=1S/C26H19N/c27-25-17-7-16-24(22-14-5-10-18-8-1-3-12-20(18)22)26(25)23-15-6-11-19-9-2-4-13-21(19)23/h1-17H,27H2. The van der Waals surface area contributed by atoms with Crippen molar-refractivity contribution >= 4 is 27.2 Å². The van der Waals surface area contributed by atoms with Crippen molar-refractivity contribution < 1.29 is 0 Å². The maximum absolute atomic E-state index is 6.53. The van der Waals surface area contributed by atoms with Gasteiger partial charge in [-0.1, -0.05) is 97.1 Å². The zero-order valence-electron chi connectivity index (χ0n) is 14.9. The molecule has 0 heterocycles. The Hall–Kier alpha value is -3.58. The lowest BCUT2D eigenvalue weighted by atomic mass is 9.88. The van der Waals surface area contributed by atoms with Crippen LogP contribution in [-0.4, -0.2) is 0 Å². The molecule has 0 unspecified atom stereocenters. The third-order valence-electron chi connectivity index (χ3n) is 5.24. The predicted molar refractivity (Wildman–Crippen MR) is 117 cm³/mol. The van der Waals surface area contributed by atoms with Crippen LogP contribution in [0.5, 0.6) is 0 Å². The van der Waals surface area contributed by atoms with Crippen molar-refractivity contribution in [3.8, 4) is 22.3 Å². The topological polar surface area (TPSA) is 26.0 Å². The fraction of sp³-hybridized carbons (Fsp3) is 0. The van der Waals surface area contributed by atoms with Crippen LogP contribution in [0.15, 0.2) is 103 Å². The third kappa shape index (κ3) is 2.56. The second-order valence-corrected chi connectivity index (χ2v) is 6.82. The van der Waals surface area contributed by atoms with E-state index in [9.17, 15) is 0 Å². The molecule has 1 nitrogen and oxygen atoms in total. The Kier molecular flexibility index (Phi) is 3.65. The lowest BCUT2D eigenvalue weighted by molar-refractivity contribution is 1.61. The van der Waals surface area contributed by atoms with Gasteiger partial charge < -0.3 is 5.73 Å². The quantitative estimate of drug-likeness (QED) is 0.346. The Labute approximate surface area is 158 Å². The lowest BCUT2D eigenvalue weighted by Gasteiger charge is -2.16. The smallest absolute Gasteiger partial charge is 0.0400 e. The highest BCUT2D eigenvalue weighted by molar-refractivity contribution is 6.07. The molecule has 0 saturated carbocycles. The van der Waals surface area contributed by atoms with Gasteiger partial charge in [0.2, 0.25) is 0 Å². The minimum atomic E-state index is 0.803. The van der Waals surface area contributed by atoms with Crippen LogP contribution in [0.1, 0.15) is 0 Å². The summed E-state index contributed by atoms with van der Waals surface area (Å²) in [6, 6.07) is 36.1. The van der Waals surface area contributed by atoms with Crippen LogP contribution in [0, 0.1) is 0 Å². The van der Waals surface area contributed by atoms with E-state index in [1.165, 1.54) is 38.2 Å². The minimum Gasteiger partial charge on any atom is -0.398 e. The van der Waals surface area contributed by atoms with Crippen molar-refractivity contribution in [1.29, 1.82) is 0 Å². The first kappa shape index (κ1) is 15.7. The monoisotopic (exact) mass is 345 g/mol.